The Balaban J connectivity index is 2.49. The molecular formula is C9H8F4O. The summed E-state index contributed by atoms with van der Waals surface area (Å²) < 4.78 is 52.6. The van der Waals surface area contributed by atoms with E-state index in [1.54, 1.807) is 18.2 Å². The van der Waals surface area contributed by atoms with Crippen LogP contribution in [0.5, 0.6) is 5.75 Å². The Morgan fingerprint density at radius 3 is 2.21 bits per heavy atom. The summed E-state index contributed by atoms with van der Waals surface area (Å²) in [6, 6.07) is 7.63. The van der Waals surface area contributed by atoms with E-state index in [-0.39, 0.29) is 5.75 Å². The molecule has 0 spiro atoms. The maximum Gasteiger partial charge on any atom is 0.340 e. The first kappa shape index (κ1) is 10.8. The Morgan fingerprint density at radius 2 is 1.71 bits per heavy atom. The van der Waals surface area contributed by atoms with Gasteiger partial charge in [-0.2, -0.15) is 8.78 Å². The number of hydrogen-bond donors (Lipinski definition) is 0. The highest BCUT2D eigenvalue weighted by molar-refractivity contribution is 5.20. The van der Waals surface area contributed by atoms with Crippen molar-refractivity contribution in [2.24, 2.45) is 0 Å². The summed E-state index contributed by atoms with van der Waals surface area (Å²) in [5, 5.41) is 0. The molecule has 0 saturated carbocycles. The molecule has 0 atom stereocenters. The number of para-hydroxylation sites is 1. The van der Waals surface area contributed by atoms with Gasteiger partial charge in [-0.1, -0.05) is 18.2 Å². The lowest BCUT2D eigenvalue weighted by Gasteiger charge is -2.15. The van der Waals surface area contributed by atoms with Crippen LogP contribution in [-0.2, 0) is 0 Å². The zero-order chi connectivity index (χ0) is 10.6. The minimum Gasteiger partial charge on any atom is -0.487 e. The first-order valence-corrected chi connectivity index (χ1v) is 3.86. The van der Waals surface area contributed by atoms with Crippen molar-refractivity contribution >= 4 is 0 Å². The lowest BCUT2D eigenvalue weighted by molar-refractivity contribution is -0.148. The van der Waals surface area contributed by atoms with Crippen LogP contribution in [0.25, 0.3) is 0 Å². The maximum atomic E-state index is 12.4. The summed E-state index contributed by atoms with van der Waals surface area (Å²) in [5.41, 5.74) is 0. The molecule has 0 aliphatic carbocycles. The van der Waals surface area contributed by atoms with Crippen molar-refractivity contribution < 1.29 is 22.3 Å². The Labute approximate surface area is 78.3 Å². The molecule has 1 aromatic carbocycles. The summed E-state index contributed by atoms with van der Waals surface area (Å²) in [5.74, 6) is -3.96. The third-order valence-corrected chi connectivity index (χ3v) is 1.49. The van der Waals surface area contributed by atoms with E-state index in [9.17, 15) is 17.6 Å². The smallest absolute Gasteiger partial charge is 0.340 e. The van der Waals surface area contributed by atoms with Crippen LogP contribution < -0.4 is 4.74 Å². The van der Waals surface area contributed by atoms with E-state index in [0.717, 1.165) is 0 Å². The summed E-state index contributed by atoms with van der Waals surface area (Å²) in [4.78, 5) is 0. The quantitative estimate of drug-likeness (QED) is 0.691. The highest BCUT2D eigenvalue weighted by Crippen LogP contribution is 2.23. The van der Waals surface area contributed by atoms with Gasteiger partial charge in [-0.15, -0.1) is 0 Å². The maximum absolute atomic E-state index is 12.4. The van der Waals surface area contributed by atoms with Crippen LogP contribution in [0.3, 0.4) is 0 Å². The van der Waals surface area contributed by atoms with Crippen LogP contribution >= 0.6 is 0 Å². The average Bonchev–Trinajstić information content (AvgIpc) is 2.16. The average molecular weight is 208 g/mol. The predicted molar refractivity (Wildman–Crippen MR) is 42.9 cm³/mol. The van der Waals surface area contributed by atoms with Gasteiger partial charge in [-0.3, -0.25) is 0 Å². The SMILES string of the molecule is FC(F)C(F)(F)COc1ccccc1. The van der Waals surface area contributed by atoms with Gasteiger partial charge in [-0.05, 0) is 12.1 Å². The molecule has 0 radical (unpaired) electrons. The van der Waals surface area contributed by atoms with Crippen molar-refractivity contribution in [2.75, 3.05) is 6.61 Å². The zero-order valence-corrected chi connectivity index (χ0v) is 7.09. The second-order valence-corrected chi connectivity index (χ2v) is 2.66. The number of benzene rings is 1. The van der Waals surface area contributed by atoms with Crippen LogP contribution in [0.2, 0.25) is 0 Å². The fourth-order valence-corrected chi connectivity index (χ4v) is 0.759. The molecule has 0 unspecified atom stereocenters. The molecule has 1 nitrogen and oxygen atoms in total. The van der Waals surface area contributed by atoms with E-state index in [1.165, 1.54) is 12.1 Å². The van der Waals surface area contributed by atoms with Gasteiger partial charge in [0.15, 0.2) is 6.61 Å². The van der Waals surface area contributed by atoms with Crippen LogP contribution in [0.1, 0.15) is 0 Å². The Hall–Kier alpha value is -1.26. The minimum absolute atomic E-state index is 0.146. The Morgan fingerprint density at radius 1 is 1.14 bits per heavy atom. The Kier molecular flexibility index (Phi) is 3.33. The van der Waals surface area contributed by atoms with Gasteiger partial charge in [0.05, 0.1) is 0 Å². The molecule has 1 rings (SSSR count). The minimum atomic E-state index is -4.10. The van der Waals surface area contributed by atoms with Gasteiger partial charge in [0.2, 0.25) is 0 Å². The van der Waals surface area contributed by atoms with Crippen LogP contribution in [0.4, 0.5) is 17.6 Å². The largest absolute Gasteiger partial charge is 0.487 e. The molecule has 14 heavy (non-hydrogen) atoms. The fraction of sp³-hybridized carbons (Fsp3) is 0.333. The molecule has 0 aliphatic heterocycles. The van der Waals surface area contributed by atoms with Crippen molar-refractivity contribution in [3.05, 3.63) is 30.3 Å². The Bertz CT molecular complexity index is 273. The molecule has 1 aromatic rings. The first-order chi connectivity index (χ1) is 6.52. The van der Waals surface area contributed by atoms with Crippen molar-refractivity contribution in [2.45, 2.75) is 12.3 Å². The molecule has 78 valence electrons. The van der Waals surface area contributed by atoms with E-state index in [2.05, 4.69) is 4.74 Å². The summed E-state index contributed by atoms with van der Waals surface area (Å²) in [7, 11) is 0. The number of halogens is 4. The fourth-order valence-electron chi connectivity index (χ4n) is 0.759. The molecule has 0 N–H and O–H groups in total. The molecule has 5 heteroatoms. The highest BCUT2D eigenvalue weighted by Gasteiger charge is 2.41. The van der Waals surface area contributed by atoms with Gasteiger partial charge in [-0.25, -0.2) is 8.78 Å². The van der Waals surface area contributed by atoms with Crippen molar-refractivity contribution in [3.63, 3.8) is 0 Å². The normalized spacial score (nSPS) is 11.8. The lowest BCUT2D eigenvalue weighted by atomic mass is 10.3. The van der Waals surface area contributed by atoms with Gasteiger partial charge in [0.25, 0.3) is 0 Å². The lowest BCUT2D eigenvalue weighted by Crippen LogP contribution is -2.33. The van der Waals surface area contributed by atoms with Crippen LogP contribution in [0.15, 0.2) is 30.3 Å². The van der Waals surface area contributed by atoms with Gasteiger partial charge in [0, 0.05) is 0 Å². The number of alkyl halides is 4. The number of ether oxygens (including phenoxy) is 1. The zero-order valence-electron chi connectivity index (χ0n) is 7.09. The monoisotopic (exact) mass is 208 g/mol. The summed E-state index contributed by atoms with van der Waals surface area (Å²) >= 11 is 0. The van der Waals surface area contributed by atoms with E-state index in [4.69, 9.17) is 0 Å². The standard InChI is InChI=1S/C9H8F4O/c10-8(11)9(12,13)6-14-7-4-2-1-3-5-7/h1-5,8H,6H2. The highest BCUT2D eigenvalue weighted by atomic mass is 19.3. The topological polar surface area (TPSA) is 9.23 Å². The first-order valence-electron chi connectivity index (χ1n) is 3.86. The third kappa shape index (κ3) is 2.90. The molecule has 0 bridgehead atoms. The van der Waals surface area contributed by atoms with E-state index in [0.29, 0.717) is 0 Å². The molecule has 0 aromatic heterocycles. The van der Waals surface area contributed by atoms with E-state index < -0.39 is 19.0 Å². The van der Waals surface area contributed by atoms with Crippen molar-refractivity contribution in [1.29, 1.82) is 0 Å². The summed E-state index contributed by atoms with van der Waals surface area (Å²) in [6.45, 7) is -1.31. The number of rotatable bonds is 4. The van der Waals surface area contributed by atoms with Gasteiger partial charge in [0.1, 0.15) is 5.75 Å². The van der Waals surface area contributed by atoms with Crippen LogP contribution in [-0.4, -0.2) is 19.0 Å². The molecule has 0 heterocycles. The van der Waals surface area contributed by atoms with Gasteiger partial charge >= 0.3 is 12.3 Å². The third-order valence-electron chi connectivity index (χ3n) is 1.49. The molecule has 0 aliphatic rings. The predicted octanol–water partition coefficient (Wildman–Crippen LogP) is 2.97. The van der Waals surface area contributed by atoms with Gasteiger partial charge < -0.3 is 4.74 Å². The second kappa shape index (κ2) is 4.30. The van der Waals surface area contributed by atoms with Crippen molar-refractivity contribution in [3.8, 4) is 5.75 Å². The molecule has 0 fully saturated rings. The van der Waals surface area contributed by atoms with Crippen LogP contribution in [0, 0.1) is 0 Å². The van der Waals surface area contributed by atoms with E-state index in [1.807, 2.05) is 0 Å². The molecule has 0 saturated heterocycles. The van der Waals surface area contributed by atoms with Crippen molar-refractivity contribution in [1.82, 2.24) is 0 Å². The summed E-state index contributed by atoms with van der Waals surface area (Å²) in [6.07, 6.45) is -3.70. The number of hydrogen-bond acceptors (Lipinski definition) is 1. The second-order valence-electron chi connectivity index (χ2n) is 2.66. The van der Waals surface area contributed by atoms with E-state index >= 15 is 0 Å². The molecule has 0 amide bonds. The molecular weight excluding hydrogens is 200 g/mol.